The number of rotatable bonds is 9. The molecule has 0 aliphatic heterocycles. The van der Waals surface area contributed by atoms with Gasteiger partial charge in [-0.05, 0) is 39.0 Å². The van der Waals surface area contributed by atoms with Crippen LogP contribution in [-0.2, 0) is 16.1 Å². The molecule has 1 aromatic carbocycles. The summed E-state index contributed by atoms with van der Waals surface area (Å²) >= 11 is 0. The van der Waals surface area contributed by atoms with E-state index < -0.39 is 0 Å². The van der Waals surface area contributed by atoms with Crippen molar-refractivity contribution in [3.63, 3.8) is 0 Å². The van der Waals surface area contributed by atoms with E-state index in [-0.39, 0.29) is 18.2 Å². The monoisotopic (exact) mass is 291 g/mol. The predicted octanol–water partition coefficient (Wildman–Crippen LogP) is 0.885. The van der Waals surface area contributed by atoms with Gasteiger partial charge in [-0.15, -0.1) is 0 Å². The van der Waals surface area contributed by atoms with Gasteiger partial charge in [0.25, 0.3) is 0 Å². The Morgan fingerprint density at radius 2 is 1.81 bits per heavy atom. The van der Waals surface area contributed by atoms with Crippen LogP contribution in [0.5, 0.6) is 0 Å². The normalized spacial score (nSPS) is 10.7. The van der Waals surface area contributed by atoms with Gasteiger partial charge >= 0.3 is 0 Å². The first-order valence-electron chi connectivity index (χ1n) is 7.22. The number of amides is 1. The molecule has 0 fully saturated rings. The van der Waals surface area contributed by atoms with Gasteiger partial charge < -0.3 is 10.6 Å². The number of hydrogen-bond acceptors (Lipinski definition) is 4. The summed E-state index contributed by atoms with van der Waals surface area (Å²) < 4.78 is 0. The highest BCUT2D eigenvalue weighted by molar-refractivity contribution is 5.85. The fraction of sp³-hybridized carbons (Fsp3) is 0.500. The van der Waals surface area contributed by atoms with Gasteiger partial charge in [0, 0.05) is 6.54 Å². The van der Waals surface area contributed by atoms with Crippen LogP contribution in [0.4, 0.5) is 0 Å². The van der Waals surface area contributed by atoms with Crippen LogP contribution < -0.4 is 5.73 Å². The van der Waals surface area contributed by atoms with E-state index in [1.165, 1.54) is 6.92 Å². The largest absolute Gasteiger partial charge is 0.330 e. The fourth-order valence-electron chi connectivity index (χ4n) is 2.08. The summed E-state index contributed by atoms with van der Waals surface area (Å²) in [5.41, 5.74) is 6.49. The van der Waals surface area contributed by atoms with Crippen LogP contribution in [0.15, 0.2) is 30.3 Å². The van der Waals surface area contributed by atoms with Crippen molar-refractivity contribution in [3.8, 4) is 0 Å². The number of carbonyl (C=O) groups excluding carboxylic acids is 2. The van der Waals surface area contributed by atoms with Crippen molar-refractivity contribution in [2.45, 2.75) is 19.9 Å². The molecule has 0 bridgehead atoms. The molecule has 0 unspecified atom stereocenters. The third-order valence-corrected chi connectivity index (χ3v) is 3.13. The second-order valence-electron chi connectivity index (χ2n) is 5.32. The van der Waals surface area contributed by atoms with Gasteiger partial charge in [-0.1, -0.05) is 30.3 Å². The highest BCUT2D eigenvalue weighted by atomic mass is 16.2. The van der Waals surface area contributed by atoms with Gasteiger partial charge in [-0.25, -0.2) is 0 Å². The highest BCUT2D eigenvalue weighted by Gasteiger charge is 2.17. The lowest BCUT2D eigenvalue weighted by atomic mass is 10.2. The van der Waals surface area contributed by atoms with Crippen molar-refractivity contribution < 1.29 is 9.59 Å². The van der Waals surface area contributed by atoms with E-state index in [4.69, 9.17) is 5.73 Å². The van der Waals surface area contributed by atoms with Crippen molar-refractivity contribution in [1.29, 1.82) is 0 Å². The molecule has 0 saturated heterocycles. The smallest absolute Gasteiger partial charge is 0.237 e. The van der Waals surface area contributed by atoms with E-state index in [0.717, 1.165) is 18.5 Å². The van der Waals surface area contributed by atoms with E-state index in [2.05, 4.69) is 0 Å². The minimum Gasteiger partial charge on any atom is -0.330 e. The zero-order valence-electron chi connectivity index (χ0n) is 12.9. The van der Waals surface area contributed by atoms with Crippen molar-refractivity contribution in [3.05, 3.63) is 35.9 Å². The molecule has 1 aromatic rings. The number of Topliss-reactive ketones (excluding diaryl/α,β-unsaturated/α-hetero) is 1. The number of ketones is 1. The molecule has 5 nitrogen and oxygen atoms in total. The quantitative estimate of drug-likeness (QED) is 0.733. The number of carbonyl (C=O) groups is 2. The molecular formula is C16H25N3O2. The molecule has 5 heteroatoms. The molecule has 2 N–H and O–H groups in total. The maximum atomic E-state index is 12.4. The van der Waals surface area contributed by atoms with Crippen molar-refractivity contribution >= 4 is 11.7 Å². The SMILES string of the molecule is CC(=O)CN(Cc1ccccc1)C(=O)CN(C)CCCN. The molecule has 0 spiro atoms. The third-order valence-electron chi connectivity index (χ3n) is 3.13. The Bertz CT molecular complexity index is 448. The molecule has 1 rings (SSSR count). The van der Waals surface area contributed by atoms with Crippen molar-refractivity contribution in [2.24, 2.45) is 5.73 Å². The van der Waals surface area contributed by atoms with Crippen LogP contribution >= 0.6 is 0 Å². The number of benzene rings is 1. The Morgan fingerprint density at radius 3 is 2.38 bits per heavy atom. The molecule has 0 saturated carbocycles. The molecule has 0 aliphatic carbocycles. The molecule has 1 amide bonds. The summed E-state index contributed by atoms with van der Waals surface area (Å²) in [6.07, 6.45) is 0.856. The van der Waals surface area contributed by atoms with Gasteiger partial charge in [-0.3, -0.25) is 14.5 Å². The van der Waals surface area contributed by atoms with E-state index in [9.17, 15) is 9.59 Å². The number of likely N-dealkylation sites (N-methyl/N-ethyl adjacent to an activating group) is 1. The van der Waals surface area contributed by atoms with Crippen LogP contribution in [0.2, 0.25) is 0 Å². The van der Waals surface area contributed by atoms with E-state index in [0.29, 0.717) is 19.6 Å². The zero-order valence-corrected chi connectivity index (χ0v) is 12.9. The van der Waals surface area contributed by atoms with Gasteiger partial charge in [-0.2, -0.15) is 0 Å². The van der Waals surface area contributed by atoms with E-state index in [1.54, 1.807) is 4.90 Å². The van der Waals surface area contributed by atoms with Gasteiger partial charge in [0.1, 0.15) is 5.78 Å². The lowest BCUT2D eigenvalue weighted by Gasteiger charge is -2.24. The molecule has 0 radical (unpaired) electrons. The molecule has 0 aromatic heterocycles. The molecule has 0 aliphatic rings. The summed E-state index contributed by atoms with van der Waals surface area (Å²) in [4.78, 5) is 27.3. The van der Waals surface area contributed by atoms with Gasteiger partial charge in [0.05, 0.1) is 13.1 Å². The van der Waals surface area contributed by atoms with Crippen LogP contribution in [-0.4, -0.2) is 54.7 Å². The maximum Gasteiger partial charge on any atom is 0.237 e. The van der Waals surface area contributed by atoms with Crippen LogP contribution in [0.1, 0.15) is 18.9 Å². The Kier molecular flexibility index (Phi) is 7.64. The topological polar surface area (TPSA) is 66.6 Å². The third kappa shape index (κ3) is 7.02. The van der Waals surface area contributed by atoms with Crippen LogP contribution in [0.25, 0.3) is 0 Å². The highest BCUT2D eigenvalue weighted by Crippen LogP contribution is 2.05. The Labute approximate surface area is 126 Å². The summed E-state index contributed by atoms with van der Waals surface area (Å²) in [6.45, 7) is 3.81. The van der Waals surface area contributed by atoms with Gasteiger partial charge in [0.2, 0.25) is 5.91 Å². The summed E-state index contributed by atoms with van der Waals surface area (Å²) in [7, 11) is 1.89. The Balaban J connectivity index is 2.63. The number of hydrogen-bond donors (Lipinski definition) is 1. The Morgan fingerprint density at radius 1 is 1.14 bits per heavy atom. The lowest BCUT2D eigenvalue weighted by Crippen LogP contribution is -2.41. The first kappa shape index (κ1) is 17.3. The molecule has 116 valence electrons. The first-order valence-corrected chi connectivity index (χ1v) is 7.22. The summed E-state index contributed by atoms with van der Waals surface area (Å²) in [6, 6.07) is 9.70. The molecular weight excluding hydrogens is 266 g/mol. The maximum absolute atomic E-state index is 12.4. The number of nitrogens with zero attached hydrogens (tertiary/aromatic N) is 2. The average Bonchev–Trinajstić information content (AvgIpc) is 2.45. The fourth-order valence-corrected chi connectivity index (χ4v) is 2.08. The minimum atomic E-state index is -0.0337. The molecule has 0 heterocycles. The molecule has 21 heavy (non-hydrogen) atoms. The van der Waals surface area contributed by atoms with E-state index >= 15 is 0 Å². The summed E-state index contributed by atoms with van der Waals surface area (Å²) in [5, 5.41) is 0. The standard InChI is InChI=1S/C16H25N3O2/c1-14(20)11-19(12-15-7-4-3-5-8-15)16(21)13-18(2)10-6-9-17/h3-5,7-8H,6,9-13,17H2,1-2H3. The lowest BCUT2D eigenvalue weighted by molar-refractivity contribution is -0.136. The van der Waals surface area contributed by atoms with Crippen molar-refractivity contribution in [2.75, 3.05) is 33.2 Å². The van der Waals surface area contributed by atoms with Crippen LogP contribution in [0, 0.1) is 0 Å². The van der Waals surface area contributed by atoms with E-state index in [1.807, 2.05) is 42.3 Å². The average molecular weight is 291 g/mol. The molecule has 0 atom stereocenters. The predicted molar refractivity (Wildman–Crippen MR) is 83.7 cm³/mol. The van der Waals surface area contributed by atoms with Crippen LogP contribution in [0.3, 0.4) is 0 Å². The minimum absolute atomic E-state index is 0.0103. The number of nitrogens with two attached hydrogens (primary N) is 1. The zero-order chi connectivity index (χ0) is 15.7. The Hall–Kier alpha value is -1.72. The second kappa shape index (κ2) is 9.26. The van der Waals surface area contributed by atoms with Gasteiger partial charge in [0.15, 0.2) is 0 Å². The first-order chi connectivity index (χ1) is 10.0. The van der Waals surface area contributed by atoms with Crippen molar-refractivity contribution in [1.82, 2.24) is 9.80 Å². The second-order valence-corrected chi connectivity index (χ2v) is 5.32. The summed E-state index contributed by atoms with van der Waals surface area (Å²) in [5.74, 6) is -0.0440.